The number of hydrogen-bond acceptors (Lipinski definition) is 5. The van der Waals surface area contributed by atoms with Gasteiger partial charge >= 0.3 is 0 Å². The normalized spacial score (nSPS) is 12.2. The van der Waals surface area contributed by atoms with Crippen LogP contribution in [0.3, 0.4) is 0 Å². The summed E-state index contributed by atoms with van der Waals surface area (Å²) >= 11 is 0. The molecule has 0 aromatic carbocycles. The van der Waals surface area contributed by atoms with Crippen molar-refractivity contribution in [1.29, 1.82) is 0 Å². The molecule has 0 aliphatic rings. The summed E-state index contributed by atoms with van der Waals surface area (Å²) in [7, 11) is -3.16. The standard InChI is InChI=1S/C9H18N4O2S/c1-8(2)5-13-9(11-7-12-13)6-16(14,15)4-3-10/h7-8H,3-6,10H2,1-2H3. The van der Waals surface area contributed by atoms with Crippen LogP contribution in [0.5, 0.6) is 0 Å². The van der Waals surface area contributed by atoms with Gasteiger partial charge < -0.3 is 5.73 Å². The van der Waals surface area contributed by atoms with E-state index in [2.05, 4.69) is 10.1 Å². The van der Waals surface area contributed by atoms with Crippen LogP contribution in [0, 0.1) is 5.92 Å². The highest BCUT2D eigenvalue weighted by Gasteiger charge is 2.16. The van der Waals surface area contributed by atoms with Crippen molar-refractivity contribution in [2.45, 2.75) is 26.1 Å². The molecule has 0 amide bonds. The number of sulfone groups is 1. The summed E-state index contributed by atoms with van der Waals surface area (Å²) in [5.74, 6) is 0.790. The summed E-state index contributed by atoms with van der Waals surface area (Å²) in [6.45, 7) is 4.90. The molecule has 92 valence electrons. The molecule has 0 saturated heterocycles. The molecule has 0 atom stereocenters. The molecule has 1 aromatic heterocycles. The van der Waals surface area contributed by atoms with Crippen molar-refractivity contribution in [2.24, 2.45) is 11.7 Å². The van der Waals surface area contributed by atoms with E-state index in [9.17, 15) is 8.42 Å². The minimum atomic E-state index is -3.16. The fraction of sp³-hybridized carbons (Fsp3) is 0.778. The van der Waals surface area contributed by atoms with E-state index in [1.807, 2.05) is 13.8 Å². The van der Waals surface area contributed by atoms with Crippen molar-refractivity contribution in [3.05, 3.63) is 12.2 Å². The average Bonchev–Trinajstić information content (AvgIpc) is 2.50. The van der Waals surface area contributed by atoms with Gasteiger partial charge in [0.2, 0.25) is 0 Å². The largest absolute Gasteiger partial charge is 0.329 e. The molecule has 0 aliphatic carbocycles. The summed E-state index contributed by atoms with van der Waals surface area (Å²) < 4.78 is 24.8. The Kier molecular flexibility index (Phi) is 4.43. The predicted octanol–water partition coefficient (Wildman–Crippen LogP) is -0.192. The molecule has 0 unspecified atom stereocenters. The Morgan fingerprint density at radius 3 is 2.75 bits per heavy atom. The Bertz CT molecular complexity index is 424. The van der Waals surface area contributed by atoms with Crippen LogP contribution in [0.4, 0.5) is 0 Å². The Balaban J connectivity index is 2.78. The molecular formula is C9H18N4O2S. The van der Waals surface area contributed by atoms with Crippen molar-refractivity contribution in [3.8, 4) is 0 Å². The van der Waals surface area contributed by atoms with Gasteiger partial charge in [-0.05, 0) is 5.92 Å². The molecule has 0 spiro atoms. The molecule has 0 fully saturated rings. The molecule has 0 radical (unpaired) electrons. The topological polar surface area (TPSA) is 90.9 Å². The maximum atomic E-state index is 11.6. The first-order valence-electron chi connectivity index (χ1n) is 5.22. The third kappa shape index (κ3) is 3.90. The number of rotatable bonds is 6. The molecule has 0 saturated carbocycles. The molecule has 2 N–H and O–H groups in total. The van der Waals surface area contributed by atoms with Gasteiger partial charge in [0, 0.05) is 13.1 Å². The molecule has 1 aromatic rings. The van der Waals surface area contributed by atoms with Crippen molar-refractivity contribution < 1.29 is 8.42 Å². The first-order valence-corrected chi connectivity index (χ1v) is 7.04. The van der Waals surface area contributed by atoms with Gasteiger partial charge in [-0.25, -0.2) is 18.1 Å². The lowest BCUT2D eigenvalue weighted by Crippen LogP contribution is -2.20. The van der Waals surface area contributed by atoms with E-state index in [0.717, 1.165) is 0 Å². The van der Waals surface area contributed by atoms with Gasteiger partial charge in [0.15, 0.2) is 9.84 Å². The van der Waals surface area contributed by atoms with Gasteiger partial charge in [-0.3, -0.25) is 0 Å². The lowest BCUT2D eigenvalue weighted by Gasteiger charge is -2.08. The first kappa shape index (κ1) is 13.1. The third-order valence-corrected chi connectivity index (χ3v) is 3.57. The van der Waals surface area contributed by atoms with Crippen molar-refractivity contribution in [3.63, 3.8) is 0 Å². The van der Waals surface area contributed by atoms with Gasteiger partial charge in [0.25, 0.3) is 0 Å². The Morgan fingerprint density at radius 2 is 2.19 bits per heavy atom. The van der Waals surface area contributed by atoms with Crippen molar-refractivity contribution >= 4 is 9.84 Å². The van der Waals surface area contributed by atoms with E-state index in [4.69, 9.17) is 5.73 Å². The van der Waals surface area contributed by atoms with Gasteiger partial charge in [0.05, 0.1) is 5.75 Å². The van der Waals surface area contributed by atoms with Gasteiger partial charge in [0.1, 0.15) is 17.9 Å². The Labute approximate surface area is 95.8 Å². The minimum Gasteiger partial charge on any atom is -0.329 e. The molecular weight excluding hydrogens is 228 g/mol. The van der Waals surface area contributed by atoms with E-state index in [1.54, 1.807) is 4.68 Å². The fourth-order valence-corrected chi connectivity index (χ4v) is 2.47. The van der Waals surface area contributed by atoms with E-state index in [0.29, 0.717) is 18.3 Å². The van der Waals surface area contributed by atoms with Crippen LogP contribution < -0.4 is 5.73 Å². The number of nitrogens with two attached hydrogens (primary N) is 1. The molecule has 16 heavy (non-hydrogen) atoms. The molecule has 0 aliphatic heterocycles. The monoisotopic (exact) mass is 246 g/mol. The molecule has 1 heterocycles. The van der Waals surface area contributed by atoms with Crippen LogP contribution in [0.25, 0.3) is 0 Å². The lowest BCUT2D eigenvalue weighted by molar-refractivity contribution is 0.470. The zero-order valence-electron chi connectivity index (χ0n) is 9.63. The molecule has 6 nitrogen and oxygen atoms in total. The number of aromatic nitrogens is 3. The maximum absolute atomic E-state index is 11.6. The highest BCUT2D eigenvalue weighted by molar-refractivity contribution is 7.90. The second kappa shape index (κ2) is 5.40. The quantitative estimate of drug-likeness (QED) is 0.751. The van der Waals surface area contributed by atoms with Gasteiger partial charge in [-0.1, -0.05) is 13.8 Å². The second-order valence-corrected chi connectivity index (χ2v) is 6.32. The van der Waals surface area contributed by atoms with Crippen LogP contribution in [0.2, 0.25) is 0 Å². The summed E-state index contributed by atoms with van der Waals surface area (Å²) in [6, 6.07) is 0. The van der Waals surface area contributed by atoms with Crippen molar-refractivity contribution in [1.82, 2.24) is 14.8 Å². The van der Waals surface area contributed by atoms with Gasteiger partial charge in [-0.2, -0.15) is 5.10 Å². The zero-order chi connectivity index (χ0) is 12.2. The number of hydrogen-bond donors (Lipinski definition) is 1. The van der Waals surface area contributed by atoms with Crippen molar-refractivity contribution in [2.75, 3.05) is 12.3 Å². The van der Waals surface area contributed by atoms with Crippen LogP contribution in [-0.2, 0) is 22.1 Å². The summed E-state index contributed by atoms with van der Waals surface area (Å²) in [5, 5.41) is 4.01. The number of nitrogens with zero attached hydrogens (tertiary/aromatic N) is 3. The highest BCUT2D eigenvalue weighted by atomic mass is 32.2. The van der Waals surface area contributed by atoms with E-state index in [-0.39, 0.29) is 18.1 Å². The molecule has 7 heteroatoms. The van der Waals surface area contributed by atoms with Crippen LogP contribution in [0.15, 0.2) is 6.33 Å². The highest BCUT2D eigenvalue weighted by Crippen LogP contribution is 2.05. The van der Waals surface area contributed by atoms with Gasteiger partial charge in [-0.15, -0.1) is 0 Å². The summed E-state index contributed by atoms with van der Waals surface area (Å²) in [6.07, 6.45) is 1.38. The Hall–Kier alpha value is -0.950. The summed E-state index contributed by atoms with van der Waals surface area (Å²) in [5.41, 5.74) is 5.24. The molecule has 0 bridgehead atoms. The SMILES string of the molecule is CC(C)Cn1ncnc1CS(=O)(=O)CCN. The van der Waals surface area contributed by atoms with Crippen LogP contribution in [-0.4, -0.2) is 35.5 Å². The first-order chi connectivity index (χ1) is 7.44. The van der Waals surface area contributed by atoms with Crippen LogP contribution >= 0.6 is 0 Å². The maximum Gasteiger partial charge on any atom is 0.158 e. The second-order valence-electron chi connectivity index (χ2n) is 4.13. The minimum absolute atomic E-state index is 0.0124. The third-order valence-electron chi connectivity index (χ3n) is 2.01. The van der Waals surface area contributed by atoms with E-state index < -0.39 is 9.84 Å². The van der Waals surface area contributed by atoms with E-state index in [1.165, 1.54) is 6.33 Å². The average molecular weight is 246 g/mol. The fourth-order valence-electron chi connectivity index (χ4n) is 1.35. The predicted molar refractivity (Wildman–Crippen MR) is 61.4 cm³/mol. The lowest BCUT2D eigenvalue weighted by atomic mass is 10.2. The molecule has 1 rings (SSSR count). The Morgan fingerprint density at radius 1 is 1.50 bits per heavy atom. The van der Waals surface area contributed by atoms with Crippen LogP contribution in [0.1, 0.15) is 19.7 Å². The summed E-state index contributed by atoms with van der Waals surface area (Å²) in [4.78, 5) is 3.97. The zero-order valence-corrected chi connectivity index (χ0v) is 10.4. The van der Waals surface area contributed by atoms with E-state index >= 15 is 0 Å². The smallest absolute Gasteiger partial charge is 0.158 e.